The summed E-state index contributed by atoms with van der Waals surface area (Å²) in [5.41, 5.74) is 5.89. The first-order chi connectivity index (χ1) is 11.0. The fourth-order valence-electron chi connectivity index (χ4n) is 1.80. The number of nitrogens with two attached hydrogens (primary N) is 1. The predicted octanol–water partition coefficient (Wildman–Crippen LogP) is 0.414. The number of nitrogens with zero attached hydrogens (tertiary/aromatic N) is 5. The SMILES string of the molecule is Nc1nnnn1N=Cc1ccc(-c2ccc(Cl)c(C(=O)[O-])c2)o1. The first-order valence-corrected chi connectivity index (χ1v) is 6.61. The van der Waals surface area contributed by atoms with Crippen molar-refractivity contribution in [1.82, 2.24) is 20.3 Å². The summed E-state index contributed by atoms with van der Waals surface area (Å²) in [5.74, 6) is -0.487. The number of hydrogen-bond acceptors (Lipinski definition) is 8. The van der Waals surface area contributed by atoms with Crippen LogP contribution in [-0.2, 0) is 0 Å². The van der Waals surface area contributed by atoms with Gasteiger partial charge in [0.05, 0.1) is 12.2 Å². The van der Waals surface area contributed by atoms with Crippen LogP contribution in [0.3, 0.4) is 0 Å². The van der Waals surface area contributed by atoms with Crippen molar-refractivity contribution in [2.75, 3.05) is 5.73 Å². The van der Waals surface area contributed by atoms with Gasteiger partial charge >= 0.3 is 0 Å². The number of nitrogen functional groups attached to an aromatic ring is 1. The largest absolute Gasteiger partial charge is 0.545 e. The molecule has 0 fully saturated rings. The minimum absolute atomic E-state index is 0.0318. The number of aromatic nitrogens is 4. The van der Waals surface area contributed by atoms with E-state index in [2.05, 4.69) is 20.6 Å². The van der Waals surface area contributed by atoms with Gasteiger partial charge in [0, 0.05) is 16.1 Å². The van der Waals surface area contributed by atoms with Crippen LogP contribution in [0.25, 0.3) is 11.3 Å². The third kappa shape index (κ3) is 3.04. The molecule has 0 spiro atoms. The van der Waals surface area contributed by atoms with Gasteiger partial charge in [-0.2, -0.15) is 5.10 Å². The number of aromatic carboxylic acids is 1. The van der Waals surface area contributed by atoms with E-state index < -0.39 is 5.97 Å². The van der Waals surface area contributed by atoms with Crippen molar-refractivity contribution in [1.29, 1.82) is 0 Å². The fourth-order valence-corrected chi connectivity index (χ4v) is 1.99. The van der Waals surface area contributed by atoms with Crippen LogP contribution in [0.15, 0.2) is 39.9 Å². The molecule has 116 valence electrons. The van der Waals surface area contributed by atoms with Crippen molar-refractivity contribution >= 4 is 29.7 Å². The van der Waals surface area contributed by atoms with Crippen molar-refractivity contribution in [2.24, 2.45) is 5.10 Å². The Morgan fingerprint density at radius 2 is 2.22 bits per heavy atom. The molecular formula is C13H8ClN6O3-. The van der Waals surface area contributed by atoms with Crippen LogP contribution in [0.2, 0.25) is 5.02 Å². The molecule has 3 aromatic rings. The Morgan fingerprint density at radius 3 is 2.91 bits per heavy atom. The monoisotopic (exact) mass is 331 g/mol. The number of hydrogen-bond donors (Lipinski definition) is 1. The standard InChI is InChI=1S/C13H9ClN6O3/c14-10-3-1-7(5-9(10)12(21)22)11-4-2-8(23-11)6-16-20-13(15)17-18-19-20/h1-6H,(H,21,22)(H2,15,17,19)/p-1. The van der Waals surface area contributed by atoms with Gasteiger partial charge in [0.1, 0.15) is 11.5 Å². The molecule has 2 N–H and O–H groups in total. The molecule has 1 aromatic carbocycles. The summed E-state index contributed by atoms with van der Waals surface area (Å²) in [6.45, 7) is 0. The Labute approximate surface area is 134 Å². The van der Waals surface area contributed by atoms with Crippen molar-refractivity contribution in [3.8, 4) is 11.3 Å². The van der Waals surface area contributed by atoms with Crippen LogP contribution in [0, 0.1) is 0 Å². The van der Waals surface area contributed by atoms with E-state index in [0.717, 1.165) is 4.79 Å². The number of carboxylic acid groups (broad SMARTS) is 1. The number of tetrazole rings is 1. The molecule has 10 heteroatoms. The van der Waals surface area contributed by atoms with E-state index in [1.807, 2.05) is 0 Å². The smallest absolute Gasteiger partial charge is 0.263 e. The second-order valence-electron chi connectivity index (χ2n) is 4.36. The van der Waals surface area contributed by atoms with E-state index in [1.165, 1.54) is 18.3 Å². The maximum Gasteiger partial charge on any atom is 0.263 e. The number of carbonyl (C=O) groups excluding carboxylic acids is 1. The Hall–Kier alpha value is -3.20. The third-order valence-electron chi connectivity index (χ3n) is 2.87. The Morgan fingerprint density at radius 1 is 1.39 bits per heavy atom. The van der Waals surface area contributed by atoms with Gasteiger partial charge in [-0.3, -0.25) is 0 Å². The number of rotatable bonds is 4. The highest BCUT2D eigenvalue weighted by Crippen LogP contribution is 2.26. The fraction of sp³-hybridized carbons (Fsp3) is 0. The highest BCUT2D eigenvalue weighted by atomic mass is 35.5. The highest BCUT2D eigenvalue weighted by Gasteiger charge is 2.08. The first-order valence-electron chi connectivity index (χ1n) is 6.24. The van der Waals surface area contributed by atoms with Crippen molar-refractivity contribution in [2.45, 2.75) is 0 Å². The highest BCUT2D eigenvalue weighted by molar-refractivity contribution is 6.33. The maximum absolute atomic E-state index is 11.0. The minimum Gasteiger partial charge on any atom is -0.545 e. The number of furan rings is 1. The van der Waals surface area contributed by atoms with Gasteiger partial charge in [-0.25, -0.2) is 0 Å². The first kappa shape index (κ1) is 14.7. The van der Waals surface area contributed by atoms with Gasteiger partial charge in [0.2, 0.25) is 0 Å². The van der Waals surface area contributed by atoms with Gasteiger partial charge in [0.25, 0.3) is 5.95 Å². The van der Waals surface area contributed by atoms with E-state index in [4.69, 9.17) is 21.8 Å². The topological polar surface area (TPSA) is 135 Å². The van der Waals surface area contributed by atoms with Gasteiger partial charge in [-0.1, -0.05) is 21.5 Å². The van der Waals surface area contributed by atoms with E-state index in [-0.39, 0.29) is 16.5 Å². The number of carbonyl (C=O) groups is 1. The molecule has 0 aliphatic carbocycles. The summed E-state index contributed by atoms with van der Waals surface area (Å²) in [6.07, 6.45) is 1.37. The van der Waals surface area contributed by atoms with Crippen LogP contribution in [-0.4, -0.2) is 32.5 Å². The molecule has 2 aromatic heterocycles. The number of benzene rings is 1. The van der Waals surface area contributed by atoms with Crippen LogP contribution >= 0.6 is 11.6 Å². The normalized spacial score (nSPS) is 11.2. The molecule has 0 unspecified atom stereocenters. The van der Waals surface area contributed by atoms with Gasteiger partial charge in [-0.15, -0.1) is 0 Å². The lowest BCUT2D eigenvalue weighted by Gasteiger charge is -2.06. The summed E-state index contributed by atoms with van der Waals surface area (Å²) >= 11 is 5.80. The maximum atomic E-state index is 11.0. The molecule has 0 saturated heterocycles. The Kier molecular flexibility index (Phi) is 3.77. The van der Waals surface area contributed by atoms with Gasteiger partial charge in [0.15, 0.2) is 0 Å². The zero-order chi connectivity index (χ0) is 16.4. The molecule has 9 nitrogen and oxygen atoms in total. The van der Waals surface area contributed by atoms with Crippen LogP contribution in [0.5, 0.6) is 0 Å². The Bertz CT molecular complexity index is 901. The predicted molar refractivity (Wildman–Crippen MR) is 78.7 cm³/mol. The molecule has 3 rings (SSSR count). The van der Waals surface area contributed by atoms with E-state index in [1.54, 1.807) is 18.2 Å². The number of carboxylic acids is 1. The van der Waals surface area contributed by atoms with E-state index >= 15 is 0 Å². The third-order valence-corrected chi connectivity index (χ3v) is 3.20. The molecule has 2 heterocycles. The average molecular weight is 332 g/mol. The molecule has 0 aliphatic rings. The second-order valence-corrected chi connectivity index (χ2v) is 4.76. The summed E-state index contributed by atoms with van der Waals surface area (Å²) in [7, 11) is 0. The molecular weight excluding hydrogens is 324 g/mol. The average Bonchev–Trinajstić information content (AvgIpc) is 3.14. The van der Waals surface area contributed by atoms with Gasteiger partial charge in [-0.05, 0) is 40.8 Å². The van der Waals surface area contributed by atoms with Crippen molar-refractivity contribution in [3.63, 3.8) is 0 Å². The molecule has 0 saturated carbocycles. The van der Waals surface area contributed by atoms with Crippen LogP contribution in [0.1, 0.15) is 16.1 Å². The van der Waals surface area contributed by atoms with E-state index in [0.29, 0.717) is 17.1 Å². The molecule has 0 aliphatic heterocycles. The summed E-state index contributed by atoms with van der Waals surface area (Å²) in [5, 5.41) is 25.4. The molecule has 0 bridgehead atoms. The van der Waals surface area contributed by atoms with Crippen LogP contribution < -0.4 is 10.8 Å². The molecule has 23 heavy (non-hydrogen) atoms. The lowest BCUT2D eigenvalue weighted by Crippen LogP contribution is -2.22. The number of halogens is 1. The molecule has 0 amide bonds. The lowest BCUT2D eigenvalue weighted by molar-refractivity contribution is -0.255. The second kappa shape index (κ2) is 5.89. The minimum atomic E-state index is -1.36. The zero-order valence-electron chi connectivity index (χ0n) is 11.4. The zero-order valence-corrected chi connectivity index (χ0v) is 12.1. The van der Waals surface area contributed by atoms with Crippen molar-refractivity contribution < 1.29 is 14.3 Å². The quantitative estimate of drug-likeness (QED) is 0.684. The summed E-state index contributed by atoms with van der Waals surface area (Å²) in [6, 6.07) is 7.77. The van der Waals surface area contributed by atoms with Crippen molar-refractivity contribution in [3.05, 3.63) is 46.7 Å². The summed E-state index contributed by atoms with van der Waals surface area (Å²) in [4.78, 5) is 12.0. The summed E-state index contributed by atoms with van der Waals surface area (Å²) < 4.78 is 5.55. The van der Waals surface area contributed by atoms with E-state index in [9.17, 15) is 9.90 Å². The Balaban J connectivity index is 1.87. The molecule has 0 atom stereocenters. The molecule has 0 radical (unpaired) electrons. The lowest BCUT2D eigenvalue weighted by atomic mass is 10.1. The van der Waals surface area contributed by atoms with Crippen LogP contribution in [0.4, 0.5) is 5.95 Å². The number of anilines is 1. The van der Waals surface area contributed by atoms with Gasteiger partial charge < -0.3 is 20.1 Å².